The van der Waals surface area contributed by atoms with E-state index in [0.29, 0.717) is 22.9 Å². The summed E-state index contributed by atoms with van der Waals surface area (Å²) in [4.78, 5) is 17.6. The van der Waals surface area contributed by atoms with E-state index in [2.05, 4.69) is 25.4 Å². The summed E-state index contributed by atoms with van der Waals surface area (Å²) in [5.74, 6) is 1.47. The third kappa shape index (κ3) is 2.75. The maximum atomic E-state index is 12.8. The highest BCUT2D eigenvalue weighted by Crippen LogP contribution is 2.40. The molecule has 2 aromatic heterocycles. The minimum atomic E-state index is -0.223. The lowest BCUT2D eigenvalue weighted by atomic mass is 10.1. The summed E-state index contributed by atoms with van der Waals surface area (Å²) in [6.07, 6.45) is 3.87. The number of fused-ring (bicyclic) bond motifs is 1. The molecule has 1 N–H and O–H groups in total. The van der Waals surface area contributed by atoms with Gasteiger partial charge in [0.05, 0.1) is 22.3 Å². The van der Waals surface area contributed by atoms with Gasteiger partial charge in [-0.15, -0.1) is 5.10 Å². The molecular formula is C19H17N7O. The Morgan fingerprint density at radius 2 is 2.04 bits per heavy atom. The largest absolute Gasteiger partial charge is 0.331 e. The Labute approximate surface area is 154 Å². The van der Waals surface area contributed by atoms with Gasteiger partial charge in [-0.2, -0.15) is 4.68 Å². The van der Waals surface area contributed by atoms with Gasteiger partial charge < -0.3 is 9.88 Å². The molecule has 1 aliphatic rings. The summed E-state index contributed by atoms with van der Waals surface area (Å²) in [7, 11) is 2.05. The van der Waals surface area contributed by atoms with Crippen molar-refractivity contribution in [3.63, 3.8) is 0 Å². The molecule has 8 nitrogen and oxygen atoms in total. The average Bonchev–Trinajstić information content (AvgIpc) is 3.27. The van der Waals surface area contributed by atoms with E-state index in [-0.39, 0.29) is 5.91 Å². The molecule has 0 bridgehead atoms. The molecule has 5 rings (SSSR count). The van der Waals surface area contributed by atoms with E-state index in [9.17, 15) is 4.79 Å². The number of nitrogens with zero attached hydrogens (tertiary/aromatic N) is 6. The molecule has 2 heterocycles. The zero-order valence-electron chi connectivity index (χ0n) is 14.7. The van der Waals surface area contributed by atoms with Gasteiger partial charge in [-0.25, -0.2) is 4.98 Å². The van der Waals surface area contributed by atoms with Crippen molar-refractivity contribution < 1.29 is 4.79 Å². The fourth-order valence-corrected chi connectivity index (χ4v) is 3.34. The van der Waals surface area contributed by atoms with Crippen molar-refractivity contribution >= 4 is 22.6 Å². The number of aromatic nitrogens is 6. The first-order valence-corrected chi connectivity index (χ1v) is 8.81. The minimum Gasteiger partial charge on any atom is -0.331 e. The van der Waals surface area contributed by atoms with Gasteiger partial charge in [0.15, 0.2) is 0 Å². The van der Waals surface area contributed by atoms with Crippen LogP contribution in [0, 0.1) is 0 Å². The van der Waals surface area contributed by atoms with Gasteiger partial charge in [-0.05, 0) is 53.6 Å². The van der Waals surface area contributed by atoms with Crippen LogP contribution in [0.4, 0.5) is 5.69 Å². The SMILES string of the molecule is Cn1c(C2CC2)nc2cc(NC(=O)c3ccccc3-n3cnnn3)ccc21. The lowest BCUT2D eigenvalue weighted by Crippen LogP contribution is -2.15. The maximum Gasteiger partial charge on any atom is 0.257 e. The van der Waals surface area contributed by atoms with E-state index < -0.39 is 0 Å². The molecular weight excluding hydrogens is 342 g/mol. The Bertz CT molecular complexity index is 1140. The molecule has 1 fully saturated rings. The maximum absolute atomic E-state index is 12.8. The van der Waals surface area contributed by atoms with Crippen LogP contribution >= 0.6 is 0 Å². The third-order valence-electron chi connectivity index (χ3n) is 4.86. The van der Waals surface area contributed by atoms with Gasteiger partial charge in [-0.3, -0.25) is 4.79 Å². The van der Waals surface area contributed by atoms with E-state index in [1.807, 2.05) is 37.4 Å². The summed E-state index contributed by atoms with van der Waals surface area (Å²) in [5, 5.41) is 14.1. The van der Waals surface area contributed by atoms with Crippen molar-refractivity contribution in [2.24, 2.45) is 7.05 Å². The fourth-order valence-electron chi connectivity index (χ4n) is 3.34. The molecule has 8 heteroatoms. The fraction of sp³-hybridized carbons (Fsp3) is 0.211. The van der Waals surface area contributed by atoms with Crippen LogP contribution in [0.15, 0.2) is 48.8 Å². The van der Waals surface area contributed by atoms with Crippen molar-refractivity contribution in [2.75, 3.05) is 5.32 Å². The standard InChI is InChI=1S/C19H17N7O/c1-25-17-9-8-13(10-15(17)22-18(25)12-6-7-12)21-19(27)14-4-2-3-5-16(14)26-11-20-23-24-26/h2-5,8-12H,6-7H2,1H3,(H,21,27). The number of imidazole rings is 1. The number of tetrazole rings is 1. The van der Waals surface area contributed by atoms with E-state index in [0.717, 1.165) is 16.9 Å². The molecule has 0 unspecified atom stereocenters. The lowest BCUT2D eigenvalue weighted by Gasteiger charge is -2.09. The number of nitrogens with one attached hydrogen (secondary N) is 1. The summed E-state index contributed by atoms with van der Waals surface area (Å²) < 4.78 is 3.62. The quantitative estimate of drug-likeness (QED) is 0.605. The molecule has 27 heavy (non-hydrogen) atoms. The molecule has 0 aliphatic heterocycles. The molecule has 2 aromatic carbocycles. The van der Waals surface area contributed by atoms with Crippen LogP contribution < -0.4 is 5.32 Å². The number of hydrogen-bond donors (Lipinski definition) is 1. The normalized spacial score (nSPS) is 13.8. The van der Waals surface area contributed by atoms with Gasteiger partial charge in [0.1, 0.15) is 12.2 Å². The summed E-state index contributed by atoms with van der Waals surface area (Å²) >= 11 is 0. The molecule has 1 amide bonds. The first-order valence-electron chi connectivity index (χ1n) is 8.81. The predicted molar refractivity (Wildman–Crippen MR) is 99.8 cm³/mol. The van der Waals surface area contributed by atoms with Crippen LogP contribution in [0.25, 0.3) is 16.7 Å². The highest BCUT2D eigenvalue weighted by molar-refractivity contribution is 6.07. The van der Waals surface area contributed by atoms with Crippen molar-refractivity contribution in [1.29, 1.82) is 0 Å². The van der Waals surface area contributed by atoms with Crippen LogP contribution in [-0.2, 0) is 7.05 Å². The van der Waals surface area contributed by atoms with Crippen molar-refractivity contribution in [3.8, 4) is 5.69 Å². The zero-order valence-corrected chi connectivity index (χ0v) is 14.7. The third-order valence-corrected chi connectivity index (χ3v) is 4.86. The molecule has 0 spiro atoms. The number of carbonyl (C=O) groups is 1. The second-order valence-electron chi connectivity index (χ2n) is 6.73. The Morgan fingerprint density at radius 3 is 2.81 bits per heavy atom. The van der Waals surface area contributed by atoms with Crippen molar-refractivity contribution in [3.05, 3.63) is 60.2 Å². The second kappa shape index (κ2) is 6.01. The Kier molecular flexibility index (Phi) is 3.49. The topological polar surface area (TPSA) is 90.5 Å². The van der Waals surface area contributed by atoms with E-state index in [1.54, 1.807) is 12.1 Å². The van der Waals surface area contributed by atoms with Crippen LogP contribution in [0.5, 0.6) is 0 Å². The molecule has 1 aliphatic carbocycles. The Hall–Kier alpha value is -3.55. The summed E-state index contributed by atoms with van der Waals surface area (Å²) in [5.41, 5.74) is 3.79. The van der Waals surface area contributed by atoms with Gasteiger partial charge in [-0.1, -0.05) is 12.1 Å². The molecule has 134 valence electrons. The first-order chi connectivity index (χ1) is 13.2. The summed E-state index contributed by atoms with van der Waals surface area (Å²) in [6.45, 7) is 0. The summed E-state index contributed by atoms with van der Waals surface area (Å²) in [6, 6.07) is 13.0. The van der Waals surface area contributed by atoms with Gasteiger partial charge in [0.2, 0.25) is 0 Å². The van der Waals surface area contributed by atoms with Crippen LogP contribution in [-0.4, -0.2) is 35.7 Å². The van der Waals surface area contributed by atoms with E-state index >= 15 is 0 Å². The lowest BCUT2D eigenvalue weighted by molar-refractivity contribution is 0.102. The number of aryl methyl sites for hydroxylation is 1. The monoisotopic (exact) mass is 359 g/mol. The Morgan fingerprint density at radius 1 is 1.19 bits per heavy atom. The average molecular weight is 359 g/mol. The first kappa shape index (κ1) is 15.7. The molecule has 0 atom stereocenters. The van der Waals surface area contributed by atoms with Crippen molar-refractivity contribution in [2.45, 2.75) is 18.8 Å². The van der Waals surface area contributed by atoms with E-state index in [4.69, 9.17) is 4.98 Å². The molecule has 1 saturated carbocycles. The van der Waals surface area contributed by atoms with Crippen molar-refractivity contribution in [1.82, 2.24) is 29.8 Å². The number of anilines is 1. The zero-order chi connectivity index (χ0) is 18.4. The number of amides is 1. The highest BCUT2D eigenvalue weighted by Gasteiger charge is 2.28. The number of benzene rings is 2. The number of para-hydroxylation sites is 1. The smallest absolute Gasteiger partial charge is 0.257 e. The molecule has 0 saturated heterocycles. The van der Waals surface area contributed by atoms with Gasteiger partial charge in [0.25, 0.3) is 5.91 Å². The van der Waals surface area contributed by atoms with Crippen LogP contribution in [0.2, 0.25) is 0 Å². The predicted octanol–water partition coefficient (Wildman–Crippen LogP) is 2.68. The number of rotatable bonds is 4. The van der Waals surface area contributed by atoms with Gasteiger partial charge in [0, 0.05) is 18.7 Å². The van der Waals surface area contributed by atoms with E-state index in [1.165, 1.54) is 23.9 Å². The molecule has 4 aromatic rings. The van der Waals surface area contributed by atoms with Gasteiger partial charge >= 0.3 is 0 Å². The van der Waals surface area contributed by atoms with Crippen LogP contribution in [0.3, 0.4) is 0 Å². The second-order valence-corrected chi connectivity index (χ2v) is 6.73. The number of hydrogen-bond acceptors (Lipinski definition) is 5. The Balaban J connectivity index is 1.46. The van der Waals surface area contributed by atoms with Crippen LogP contribution in [0.1, 0.15) is 34.9 Å². The molecule has 0 radical (unpaired) electrons. The highest BCUT2D eigenvalue weighted by atomic mass is 16.1. The minimum absolute atomic E-state index is 0.223. The number of carbonyl (C=O) groups excluding carboxylic acids is 1.